The molecule has 55 heavy (non-hydrogen) atoms. The number of carbonyl (C=O) groups is 2. The lowest BCUT2D eigenvalue weighted by Crippen LogP contribution is -2.48. The monoisotopic (exact) mass is 746 g/mol. The molecular weight excluding hydrogens is 696 g/mol. The molecule has 2 amide bonds. The van der Waals surface area contributed by atoms with E-state index in [2.05, 4.69) is 51.2 Å². The molecule has 0 saturated carbocycles. The summed E-state index contributed by atoms with van der Waals surface area (Å²) in [5.41, 5.74) is 7.75. The average Bonchev–Trinajstić information content (AvgIpc) is 3.63. The number of rotatable bonds is 13. The fourth-order valence-electron chi connectivity index (χ4n) is 7.58. The molecule has 2 fully saturated rings. The number of aromatic nitrogens is 3. The molecule has 7 rings (SSSR count). The molecular formula is C43H51FN8O3. The smallest absolute Gasteiger partial charge is 0.251 e. The van der Waals surface area contributed by atoms with Gasteiger partial charge in [-0.05, 0) is 92.3 Å². The van der Waals surface area contributed by atoms with Gasteiger partial charge in [0, 0.05) is 99.1 Å². The van der Waals surface area contributed by atoms with Gasteiger partial charge in [-0.15, -0.1) is 0 Å². The van der Waals surface area contributed by atoms with Gasteiger partial charge in [0.1, 0.15) is 5.82 Å². The van der Waals surface area contributed by atoms with Gasteiger partial charge >= 0.3 is 0 Å². The van der Waals surface area contributed by atoms with Gasteiger partial charge in [0.05, 0.1) is 17.3 Å². The summed E-state index contributed by atoms with van der Waals surface area (Å²) in [5, 5.41) is 18.8. The number of nitrogens with zero attached hydrogens (tertiary/aromatic N) is 4. The molecule has 4 N–H and O–H groups in total. The minimum absolute atomic E-state index is 0.228. The van der Waals surface area contributed by atoms with E-state index in [1.54, 1.807) is 36.4 Å². The van der Waals surface area contributed by atoms with Crippen LogP contribution < -0.4 is 21.3 Å². The van der Waals surface area contributed by atoms with Crippen molar-refractivity contribution in [1.82, 2.24) is 35.6 Å². The number of hydrogen-bond acceptors (Lipinski definition) is 8. The van der Waals surface area contributed by atoms with E-state index in [9.17, 15) is 9.59 Å². The Morgan fingerprint density at radius 2 is 1.69 bits per heavy atom. The van der Waals surface area contributed by atoms with Crippen LogP contribution in [0.25, 0.3) is 22.2 Å². The summed E-state index contributed by atoms with van der Waals surface area (Å²) in [7, 11) is 0. The lowest BCUT2D eigenvalue weighted by atomic mass is 10.00. The van der Waals surface area contributed by atoms with Crippen molar-refractivity contribution < 1.29 is 18.7 Å². The summed E-state index contributed by atoms with van der Waals surface area (Å²) in [6, 6.07) is 20.3. The third-order valence-electron chi connectivity index (χ3n) is 10.6. The van der Waals surface area contributed by atoms with Crippen LogP contribution in [0.1, 0.15) is 76.7 Å². The second-order valence-electron chi connectivity index (χ2n) is 14.5. The minimum Gasteiger partial charge on any atom is -0.381 e. The number of amides is 2. The Balaban J connectivity index is 0.986. The third kappa shape index (κ3) is 9.04. The zero-order chi connectivity index (χ0) is 38.3. The topological polar surface area (TPSA) is 125 Å². The predicted octanol–water partition coefficient (Wildman–Crippen LogP) is 6.06. The van der Waals surface area contributed by atoms with Crippen LogP contribution in [0, 0.1) is 5.82 Å². The van der Waals surface area contributed by atoms with Crippen LogP contribution in [0.3, 0.4) is 0 Å². The number of fused-ring (bicyclic) bond motifs is 1. The Labute approximate surface area is 322 Å². The van der Waals surface area contributed by atoms with E-state index in [1.165, 1.54) is 6.07 Å². The van der Waals surface area contributed by atoms with Crippen molar-refractivity contribution in [1.29, 1.82) is 0 Å². The number of aryl methyl sites for hydroxylation is 2. The van der Waals surface area contributed by atoms with E-state index in [4.69, 9.17) is 9.72 Å². The molecule has 1 atom stereocenters. The zero-order valence-electron chi connectivity index (χ0n) is 32.0. The highest BCUT2D eigenvalue weighted by Gasteiger charge is 2.23. The van der Waals surface area contributed by atoms with E-state index >= 15 is 4.39 Å². The van der Waals surface area contributed by atoms with Crippen molar-refractivity contribution in [3.05, 3.63) is 112 Å². The maximum absolute atomic E-state index is 15.1. The number of carbonyl (C=O) groups excluding carboxylic acids is 2. The fraction of sp³-hybridized carbons (Fsp3) is 0.395. The van der Waals surface area contributed by atoms with Gasteiger partial charge in [-0.1, -0.05) is 31.2 Å². The summed E-state index contributed by atoms with van der Waals surface area (Å²) in [6.07, 6.45) is 4.35. The van der Waals surface area contributed by atoms with Gasteiger partial charge in [0.15, 0.2) is 5.65 Å². The van der Waals surface area contributed by atoms with E-state index in [-0.39, 0.29) is 36.8 Å². The molecule has 0 unspecified atom stereocenters. The summed E-state index contributed by atoms with van der Waals surface area (Å²) >= 11 is 0. The normalized spacial score (nSPS) is 16.6. The van der Waals surface area contributed by atoms with Crippen LogP contribution in [0.15, 0.2) is 72.9 Å². The standard InChI is InChI=1S/C43H51FN8O3/c1-4-39-36(40(49-34-15-19-55-20-16-34)37-25-48-52(5-2)41(37)50-39)24-47-43(54)32-12-10-31(11-13-32)42(53)46-23-29-9-14-38(44)35(22-29)33-8-6-7-30(21-33)27-51-18-17-45-28(3)26-51/h6-14,21-22,25,28,34,45H,4-5,15-20,23-24,26-27H2,1-3H3,(H,46,53)(H,47,54)(H,49,50)/t28-/m0/s1. The first-order chi connectivity index (χ1) is 26.8. The zero-order valence-corrected chi connectivity index (χ0v) is 32.0. The van der Waals surface area contributed by atoms with Crippen molar-refractivity contribution in [3.63, 3.8) is 0 Å². The van der Waals surface area contributed by atoms with Crippen LogP contribution in [0.4, 0.5) is 10.1 Å². The molecule has 2 aliphatic rings. The lowest BCUT2D eigenvalue weighted by Gasteiger charge is -2.31. The third-order valence-corrected chi connectivity index (χ3v) is 10.6. The second kappa shape index (κ2) is 17.5. The Hall–Kier alpha value is -5.17. The summed E-state index contributed by atoms with van der Waals surface area (Å²) in [6.45, 7) is 12.7. The number of anilines is 1. The molecule has 0 aliphatic carbocycles. The number of halogens is 1. The van der Waals surface area contributed by atoms with Crippen LogP contribution in [-0.4, -0.2) is 76.4 Å². The van der Waals surface area contributed by atoms with Crippen LogP contribution >= 0.6 is 0 Å². The average molecular weight is 747 g/mol. The van der Waals surface area contributed by atoms with Crippen molar-refractivity contribution in [2.75, 3.05) is 38.2 Å². The molecule has 0 spiro atoms. The van der Waals surface area contributed by atoms with Crippen molar-refractivity contribution >= 4 is 28.5 Å². The summed E-state index contributed by atoms with van der Waals surface area (Å²) in [4.78, 5) is 34.0. The maximum Gasteiger partial charge on any atom is 0.251 e. The first kappa shape index (κ1) is 38.1. The number of nitrogens with one attached hydrogen (secondary N) is 4. The highest BCUT2D eigenvalue weighted by molar-refractivity contribution is 5.98. The molecule has 4 heterocycles. The number of ether oxygens (including phenoxy) is 1. The Morgan fingerprint density at radius 3 is 2.40 bits per heavy atom. The quantitative estimate of drug-likeness (QED) is 0.115. The Bertz CT molecular complexity index is 2130. The lowest BCUT2D eigenvalue weighted by molar-refractivity contribution is 0.0904. The van der Waals surface area contributed by atoms with Gasteiger partial charge in [0.25, 0.3) is 11.8 Å². The fourth-order valence-corrected chi connectivity index (χ4v) is 7.58. The van der Waals surface area contributed by atoms with Crippen molar-refractivity contribution in [3.8, 4) is 11.1 Å². The Morgan fingerprint density at radius 1 is 0.945 bits per heavy atom. The van der Waals surface area contributed by atoms with Gasteiger partial charge in [-0.2, -0.15) is 5.10 Å². The van der Waals surface area contributed by atoms with Crippen LogP contribution in [0.5, 0.6) is 0 Å². The van der Waals surface area contributed by atoms with E-state index in [0.29, 0.717) is 48.9 Å². The second-order valence-corrected chi connectivity index (χ2v) is 14.5. The van der Waals surface area contributed by atoms with E-state index in [1.807, 2.05) is 36.0 Å². The summed E-state index contributed by atoms with van der Waals surface area (Å²) in [5.74, 6) is -0.840. The van der Waals surface area contributed by atoms with E-state index < -0.39 is 0 Å². The molecule has 0 radical (unpaired) electrons. The molecule has 2 aliphatic heterocycles. The number of hydrogen-bond donors (Lipinski definition) is 4. The first-order valence-electron chi connectivity index (χ1n) is 19.5. The highest BCUT2D eigenvalue weighted by Crippen LogP contribution is 2.31. The molecule has 5 aromatic rings. The maximum atomic E-state index is 15.1. The van der Waals surface area contributed by atoms with Crippen LogP contribution in [0.2, 0.25) is 0 Å². The largest absolute Gasteiger partial charge is 0.381 e. The Kier molecular flexibility index (Phi) is 12.1. The SMILES string of the molecule is CCc1nc2c(cnn2CC)c(NC2CCOCC2)c1CNC(=O)c1ccc(C(=O)NCc2ccc(F)c(-c3cccc(CN4CCN[C@@H](C)C4)c3)c2)cc1. The van der Waals surface area contributed by atoms with Gasteiger partial charge in [-0.25, -0.2) is 14.1 Å². The molecule has 3 aromatic carbocycles. The number of pyridine rings is 1. The molecule has 2 aromatic heterocycles. The van der Waals surface area contributed by atoms with Crippen molar-refractivity contribution in [2.45, 2.75) is 78.3 Å². The molecule has 2 saturated heterocycles. The highest BCUT2D eigenvalue weighted by atomic mass is 19.1. The number of benzene rings is 3. The number of piperazine rings is 1. The van der Waals surface area contributed by atoms with Gasteiger partial charge < -0.3 is 26.0 Å². The molecule has 288 valence electrons. The van der Waals surface area contributed by atoms with Crippen LogP contribution in [-0.2, 0) is 37.3 Å². The minimum atomic E-state index is -0.306. The first-order valence-corrected chi connectivity index (χ1v) is 19.5. The van der Waals surface area contributed by atoms with E-state index in [0.717, 1.165) is 83.7 Å². The van der Waals surface area contributed by atoms with Gasteiger partial charge in [-0.3, -0.25) is 14.5 Å². The predicted molar refractivity (Wildman–Crippen MR) is 213 cm³/mol. The van der Waals surface area contributed by atoms with Crippen molar-refractivity contribution in [2.24, 2.45) is 0 Å². The molecule has 11 nitrogen and oxygen atoms in total. The molecule has 12 heteroatoms. The molecule has 0 bridgehead atoms. The summed E-state index contributed by atoms with van der Waals surface area (Å²) < 4.78 is 22.6. The van der Waals surface area contributed by atoms with Gasteiger partial charge in [0.2, 0.25) is 0 Å².